The van der Waals surface area contributed by atoms with Crippen molar-refractivity contribution in [2.75, 3.05) is 0 Å². The van der Waals surface area contributed by atoms with Gasteiger partial charge < -0.3 is 5.32 Å². The van der Waals surface area contributed by atoms with Gasteiger partial charge in [-0.1, -0.05) is 62.0 Å². The van der Waals surface area contributed by atoms with Crippen molar-refractivity contribution < 1.29 is 4.79 Å². The van der Waals surface area contributed by atoms with Crippen LogP contribution in [0.5, 0.6) is 0 Å². The SMILES string of the molecule is CC(C)c1nnc2ccc(Sc3ccccc3CNC(=O)c3ccccc3)cn12. The van der Waals surface area contributed by atoms with Crippen LogP contribution in [0.1, 0.15) is 41.5 Å². The maximum absolute atomic E-state index is 12.4. The summed E-state index contributed by atoms with van der Waals surface area (Å²) in [6.45, 7) is 4.70. The van der Waals surface area contributed by atoms with E-state index < -0.39 is 0 Å². The molecule has 0 bridgehead atoms. The van der Waals surface area contributed by atoms with E-state index in [1.165, 1.54) is 0 Å². The molecule has 0 aliphatic carbocycles. The van der Waals surface area contributed by atoms with Crippen LogP contribution >= 0.6 is 11.8 Å². The summed E-state index contributed by atoms with van der Waals surface area (Å²) in [4.78, 5) is 14.6. The summed E-state index contributed by atoms with van der Waals surface area (Å²) in [6, 6.07) is 21.4. The van der Waals surface area contributed by atoms with Crippen molar-refractivity contribution in [2.24, 2.45) is 0 Å². The minimum atomic E-state index is -0.0714. The van der Waals surface area contributed by atoms with Gasteiger partial charge in [-0.25, -0.2) is 0 Å². The summed E-state index contributed by atoms with van der Waals surface area (Å²) >= 11 is 1.67. The number of nitrogens with one attached hydrogen (secondary N) is 1. The summed E-state index contributed by atoms with van der Waals surface area (Å²) in [7, 11) is 0. The molecule has 4 rings (SSSR count). The number of carbonyl (C=O) groups is 1. The molecule has 2 aromatic heterocycles. The highest BCUT2D eigenvalue weighted by Crippen LogP contribution is 2.31. The van der Waals surface area contributed by atoms with Crippen LogP contribution in [0.25, 0.3) is 5.65 Å². The van der Waals surface area contributed by atoms with E-state index in [0.717, 1.165) is 26.8 Å². The van der Waals surface area contributed by atoms with E-state index in [9.17, 15) is 4.79 Å². The number of aromatic nitrogens is 3. The Balaban J connectivity index is 1.53. The zero-order valence-electron chi connectivity index (χ0n) is 16.4. The lowest BCUT2D eigenvalue weighted by Crippen LogP contribution is -2.22. The van der Waals surface area contributed by atoms with Crippen molar-refractivity contribution in [3.63, 3.8) is 0 Å². The van der Waals surface area contributed by atoms with Gasteiger partial charge in [-0.15, -0.1) is 10.2 Å². The quantitative estimate of drug-likeness (QED) is 0.497. The molecule has 29 heavy (non-hydrogen) atoms. The highest BCUT2D eigenvalue weighted by Gasteiger charge is 2.12. The third-order valence-corrected chi connectivity index (χ3v) is 5.69. The summed E-state index contributed by atoms with van der Waals surface area (Å²) in [5.41, 5.74) is 2.59. The van der Waals surface area contributed by atoms with Crippen molar-refractivity contribution in [1.29, 1.82) is 0 Å². The van der Waals surface area contributed by atoms with Crippen LogP contribution in [0.3, 0.4) is 0 Å². The molecule has 0 unspecified atom stereocenters. The molecule has 6 heteroatoms. The third-order valence-electron chi connectivity index (χ3n) is 4.59. The lowest BCUT2D eigenvalue weighted by Gasteiger charge is -2.11. The molecular weight excluding hydrogens is 380 g/mol. The Morgan fingerprint density at radius 2 is 1.76 bits per heavy atom. The fourth-order valence-electron chi connectivity index (χ4n) is 3.09. The van der Waals surface area contributed by atoms with Gasteiger partial charge in [0.15, 0.2) is 5.65 Å². The van der Waals surface area contributed by atoms with Crippen LogP contribution < -0.4 is 5.32 Å². The van der Waals surface area contributed by atoms with Crippen LogP contribution in [-0.4, -0.2) is 20.5 Å². The van der Waals surface area contributed by atoms with E-state index in [2.05, 4.69) is 47.7 Å². The Morgan fingerprint density at radius 3 is 2.55 bits per heavy atom. The van der Waals surface area contributed by atoms with Crippen molar-refractivity contribution in [2.45, 2.75) is 36.1 Å². The molecule has 1 N–H and O–H groups in total. The van der Waals surface area contributed by atoms with Crippen molar-refractivity contribution in [1.82, 2.24) is 19.9 Å². The maximum Gasteiger partial charge on any atom is 0.251 e. The molecule has 0 aliphatic rings. The van der Waals surface area contributed by atoms with Crippen molar-refractivity contribution in [3.8, 4) is 0 Å². The van der Waals surface area contributed by atoms with Gasteiger partial charge in [0.25, 0.3) is 5.91 Å². The Hall–Kier alpha value is -3.12. The number of amides is 1. The molecule has 146 valence electrons. The number of nitrogens with zero attached hydrogens (tertiary/aromatic N) is 3. The monoisotopic (exact) mass is 402 g/mol. The number of hydrogen-bond acceptors (Lipinski definition) is 4. The van der Waals surface area contributed by atoms with E-state index in [0.29, 0.717) is 18.0 Å². The number of carbonyl (C=O) groups excluding carboxylic acids is 1. The lowest BCUT2D eigenvalue weighted by atomic mass is 10.2. The average Bonchev–Trinajstić information content (AvgIpc) is 3.17. The van der Waals surface area contributed by atoms with Crippen molar-refractivity contribution in [3.05, 3.63) is 89.9 Å². The van der Waals surface area contributed by atoms with Gasteiger partial charge >= 0.3 is 0 Å². The second kappa shape index (κ2) is 8.49. The summed E-state index contributed by atoms with van der Waals surface area (Å²) in [6.07, 6.45) is 2.08. The second-order valence-electron chi connectivity index (χ2n) is 7.06. The minimum Gasteiger partial charge on any atom is -0.348 e. The van der Waals surface area contributed by atoms with E-state index in [1.807, 2.05) is 59.0 Å². The van der Waals surface area contributed by atoms with E-state index in [4.69, 9.17) is 0 Å². The fraction of sp³-hybridized carbons (Fsp3) is 0.174. The number of rotatable bonds is 6. The lowest BCUT2D eigenvalue weighted by molar-refractivity contribution is 0.0950. The van der Waals surface area contributed by atoms with Gasteiger partial charge in [-0.05, 0) is 35.9 Å². The molecule has 0 spiro atoms. The molecule has 5 nitrogen and oxygen atoms in total. The molecule has 0 radical (unpaired) electrons. The van der Waals surface area contributed by atoms with Gasteiger partial charge in [0, 0.05) is 34.0 Å². The van der Waals surface area contributed by atoms with Gasteiger partial charge in [0.2, 0.25) is 0 Å². The first-order valence-electron chi connectivity index (χ1n) is 9.55. The Labute approximate surface area is 174 Å². The molecule has 2 heterocycles. The summed E-state index contributed by atoms with van der Waals surface area (Å²) in [5, 5.41) is 11.5. The minimum absolute atomic E-state index is 0.0714. The molecular formula is C23H22N4OS. The van der Waals surface area contributed by atoms with Gasteiger partial charge in [-0.2, -0.15) is 0 Å². The highest BCUT2D eigenvalue weighted by atomic mass is 32.2. The normalized spacial score (nSPS) is 11.1. The molecule has 0 saturated heterocycles. The molecule has 4 aromatic rings. The Kier molecular flexibility index (Phi) is 5.62. The van der Waals surface area contributed by atoms with Gasteiger partial charge in [0.05, 0.1) is 0 Å². The Morgan fingerprint density at radius 1 is 1.00 bits per heavy atom. The molecule has 0 fully saturated rings. The topological polar surface area (TPSA) is 59.3 Å². The predicted octanol–water partition coefficient (Wildman–Crippen LogP) is 4.93. The Bertz CT molecular complexity index is 1140. The first-order valence-corrected chi connectivity index (χ1v) is 10.4. The molecule has 2 aromatic carbocycles. The highest BCUT2D eigenvalue weighted by molar-refractivity contribution is 7.99. The van der Waals surface area contributed by atoms with Crippen LogP contribution in [0.2, 0.25) is 0 Å². The molecule has 0 aliphatic heterocycles. The maximum atomic E-state index is 12.4. The van der Waals surface area contributed by atoms with Gasteiger partial charge in [0.1, 0.15) is 5.82 Å². The number of fused-ring (bicyclic) bond motifs is 1. The molecule has 0 saturated carbocycles. The standard InChI is InChI=1S/C23H22N4OS/c1-16(2)22-26-25-21-13-12-19(15-27(21)22)29-20-11-7-6-10-18(20)14-24-23(28)17-8-4-3-5-9-17/h3-13,15-16H,14H2,1-2H3,(H,24,28). The zero-order valence-corrected chi connectivity index (χ0v) is 17.2. The van der Waals surface area contributed by atoms with Gasteiger partial charge in [-0.3, -0.25) is 9.20 Å². The second-order valence-corrected chi connectivity index (χ2v) is 8.18. The zero-order chi connectivity index (χ0) is 20.2. The molecule has 0 atom stereocenters. The smallest absolute Gasteiger partial charge is 0.251 e. The fourth-order valence-corrected chi connectivity index (χ4v) is 4.05. The third kappa shape index (κ3) is 4.32. The van der Waals surface area contributed by atoms with Crippen LogP contribution in [0.4, 0.5) is 0 Å². The summed E-state index contributed by atoms with van der Waals surface area (Å²) in [5.74, 6) is 1.18. The van der Waals surface area contributed by atoms with Crippen LogP contribution in [0.15, 0.2) is 82.7 Å². The van der Waals surface area contributed by atoms with Crippen LogP contribution in [-0.2, 0) is 6.54 Å². The first-order chi connectivity index (χ1) is 14.1. The van der Waals surface area contributed by atoms with Crippen molar-refractivity contribution >= 4 is 23.3 Å². The number of pyridine rings is 1. The average molecular weight is 403 g/mol. The first kappa shape index (κ1) is 19.2. The van der Waals surface area contributed by atoms with Crippen LogP contribution in [0, 0.1) is 0 Å². The molecule has 1 amide bonds. The van der Waals surface area contributed by atoms with E-state index in [1.54, 1.807) is 11.8 Å². The van der Waals surface area contributed by atoms with E-state index in [-0.39, 0.29) is 5.91 Å². The number of benzene rings is 2. The van der Waals surface area contributed by atoms with E-state index >= 15 is 0 Å². The predicted molar refractivity (Wildman–Crippen MR) is 115 cm³/mol. The summed E-state index contributed by atoms with van der Waals surface area (Å²) < 4.78 is 2.05. The number of hydrogen-bond donors (Lipinski definition) is 1. The largest absolute Gasteiger partial charge is 0.348 e.